The van der Waals surface area contributed by atoms with Gasteiger partial charge in [-0.15, -0.1) is 0 Å². The Morgan fingerprint density at radius 1 is 1.12 bits per heavy atom. The van der Waals surface area contributed by atoms with Crippen LogP contribution in [0.1, 0.15) is 26.3 Å². The van der Waals surface area contributed by atoms with Crippen molar-refractivity contribution in [3.8, 4) is 0 Å². The molecule has 0 spiro atoms. The van der Waals surface area contributed by atoms with Crippen molar-refractivity contribution in [2.75, 3.05) is 31.5 Å². The van der Waals surface area contributed by atoms with Crippen LogP contribution in [0, 0.1) is 0 Å². The predicted molar refractivity (Wildman–Crippen MR) is 94.2 cm³/mol. The molecule has 7 nitrogen and oxygen atoms in total. The van der Waals surface area contributed by atoms with Crippen LogP contribution in [-0.2, 0) is 20.7 Å². The van der Waals surface area contributed by atoms with Gasteiger partial charge in [0.25, 0.3) is 0 Å². The first-order chi connectivity index (χ1) is 11.8. The monoisotopic (exact) mass is 347 g/mol. The van der Waals surface area contributed by atoms with Crippen LogP contribution >= 0.6 is 0 Å². The molecule has 0 aliphatic carbocycles. The van der Waals surface area contributed by atoms with Crippen LogP contribution in [0.5, 0.6) is 0 Å². The first-order valence-corrected chi connectivity index (χ1v) is 8.33. The van der Waals surface area contributed by atoms with Crippen molar-refractivity contribution in [3.05, 3.63) is 29.8 Å². The number of anilines is 1. The van der Waals surface area contributed by atoms with Crippen molar-refractivity contribution in [3.63, 3.8) is 0 Å². The van der Waals surface area contributed by atoms with Crippen LogP contribution < -0.4 is 5.32 Å². The Kier molecular flexibility index (Phi) is 6.01. The highest BCUT2D eigenvalue weighted by molar-refractivity contribution is 5.85. The molecule has 0 atom stereocenters. The van der Waals surface area contributed by atoms with Gasteiger partial charge in [-0.05, 0) is 38.5 Å². The molecule has 3 amide bonds. The average molecular weight is 347 g/mol. The van der Waals surface area contributed by atoms with Gasteiger partial charge in [-0.3, -0.25) is 14.9 Å². The lowest BCUT2D eigenvalue weighted by Gasteiger charge is -2.32. The number of benzene rings is 1. The topological polar surface area (TPSA) is 79.0 Å². The van der Waals surface area contributed by atoms with Gasteiger partial charge in [0.15, 0.2) is 0 Å². The molecule has 0 saturated carbocycles. The van der Waals surface area contributed by atoms with E-state index in [1.807, 2.05) is 12.1 Å². The van der Waals surface area contributed by atoms with Crippen LogP contribution in [0.15, 0.2) is 24.3 Å². The lowest BCUT2D eigenvalue weighted by atomic mass is 10.1. The molecule has 25 heavy (non-hydrogen) atoms. The molecule has 1 aliphatic rings. The molecule has 1 aliphatic heterocycles. The van der Waals surface area contributed by atoms with Crippen molar-refractivity contribution >= 4 is 24.1 Å². The minimum atomic E-state index is -0.551. The third-order valence-electron chi connectivity index (χ3n) is 3.77. The van der Waals surface area contributed by atoms with E-state index in [-0.39, 0.29) is 5.91 Å². The fourth-order valence-electron chi connectivity index (χ4n) is 2.49. The maximum atomic E-state index is 12.3. The Morgan fingerprint density at radius 2 is 1.72 bits per heavy atom. The number of nitrogens with one attached hydrogen (secondary N) is 1. The molecule has 1 aromatic rings. The Morgan fingerprint density at radius 3 is 2.24 bits per heavy atom. The Hall–Kier alpha value is -2.57. The summed E-state index contributed by atoms with van der Waals surface area (Å²) in [5.41, 5.74) is 0.937. The summed E-state index contributed by atoms with van der Waals surface area (Å²) in [5.74, 6) is 0.0402. The lowest BCUT2D eigenvalue weighted by Crippen LogP contribution is -2.48. The largest absolute Gasteiger partial charge is 0.444 e. The van der Waals surface area contributed by atoms with Crippen LogP contribution in [-0.4, -0.2) is 60.0 Å². The van der Waals surface area contributed by atoms with E-state index in [2.05, 4.69) is 5.32 Å². The fourth-order valence-corrected chi connectivity index (χ4v) is 2.49. The first kappa shape index (κ1) is 18.8. The normalized spacial score (nSPS) is 14.8. The minimum absolute atomic E-state index is 0.0402. The molecule has 0 bridgehead atoms. The summed E-state index contributed by atoms with van der Waals surface area (Å²) in [7, 11) is 0. The zero-order chi connectivity index (χ0) is 18.4. The Balaban J connectivity index is 1.84. The number of carbonyl (C=O) groups excluding carboxylic acids is 3. The zero-order valence-electron chi connectivity index (χ0n) is 14.9. The summed E-state index contributed by atoms with van der Waals surface area (Å²) in [4.78, 5) is 38.2. The predicted octanol–water partition coefficient (Wildman–Crippen LogP) is 1.88. The maximum absolute atomic E-state index is 12.3. The second kappa shape index (κ2) is 8.00. The number of nitrogens with zero attached hydrogens (tertiary/aromatic N) is 2. The SMILES string of the molecule is CC(C)(C)OC(=O)Nc1ccc(CC(=O)N2CCN(C=O)CC2)cc1. The van der Waals surface area contributed by atoms with E-state index in [0.29, 0.717) is 38.3 Å². The zero-order valence-corrected chi connectivity index (χ0v) is 14.9. The van der Waals surface area contributed by atoms with Gasteiger partial charge in [-0.1, -0.05) is 12.1 Å². The molecule has 1 saturated heterocycles. The molecule has 0 unspecified atom stereocenters. The molecule has 2 rings (SSSR count). The molecule has 1 N–H and O–H groups in total. The Bertz CT molecular complexity index is 614. The van der Waals surface area contributed by atoms with Crippen LogP contribution in [0.25, 0.3) is 0 Å². The van der Waals surface area contributed by atoms with Gasteiger partial charge in [-0.2, -0.15) is 0 Å². The van der Waals surface area contributed by atoms with E-state index in [4.69, 9.17) is 4.74 Å². The van der Waals surface area contributed by atoms with Crippen LogP contribution in [0.2, 0.25) is 0 Å². The second-order valence-corrected chi connectivity index (χ2v) is 7.02. The smallest absolute Gasteiger partial charge is 0.412 e. The molecular formula is C18H25N3O4. The van der Waals surface area contributed by atoms with E-state index in [1.54, 1.807) is 42.7 Å². The molecule has 1 aromatic carbocycles. The van der Waals surface area contributed by atoms with E-state index in [0.717, 1.165) is 12.0 Å². The van der Waals surface area contributed by atoms with Crippen molar-refractivity contribution < 1.29 is 19.1 Å². The number of ether oxygens (including phenoxy) is 1. The first-order valence-electron chi connectivity index (χ1n) is 8.33. The average Bonchev–Trinajstić information content (AvgIpc) is 2.55. The van der Waals surface area contributed by atoms with Crippen LogP contribution in [0.3, 0.4) is 0 Å². The standard InChI is InChI=1S/C18H25N3O4/c1-18(2,3)25-17(24)19-15-6-4-14(5-7-15)12-16(23)21-10-8-20(13-22)9-11-21/h4-7,13H,8-12H2,1-3H3,(H,19,24). The van der Waals surface area contributed by atoms with E-state index in [9.17, 15) is 14.4 Å². The van der Waals surface area contributed by atoms with Gasteiger partial charge >= 0.3 is 6.09 Å². The lowest BCUT2D eigenvalue weighted by molar-refractivity contribution is -0.134. The molecular weight excluding hydrogens is 322 g/mol. The highest BCUT2D eigenvalue weighted by Crippen LogP contribution is 2.14. The van der Waals surface area contributed by atoms with Gasteiger partial charge in [0.05, 0.1) is 6.42 Å². The molecule has 1 heterocycles. The summed E-state index contributed by atoms with van der Waals surface area (Å²) in [6.07, 6.45) is 0.607. The highest BCUT2D eigenvalue weighted by Gasteiger charge is 2.20. The van der Waals surface area contributed by atoms with Gasteiger partial charge in [0.1, 0.15) is 5.60 Å². The second-order valence-electron chi connectivity index (χ2n) is 7.02. The number of piperazine rings is 1. The number of amides is 3. The number of rotatable bonds is 4. The van der Waals surface area contributed by atoms with Crippen molar-refractivity contribution in [1.82, 2.24) is 9.80 Å². The number of hydrogen-bond donors (Lipinski definition) is 1. The van der Waals surface area contributed by atoms with E-state index >= 15 is 0 Å². The maximum Gasteiger partial charge on any atom is 0.412 e. The molecule has 136 valence electrons. The van der Waals surface area contributed by atoms with Crippen LogP contribution in [0.4, 0.5) is 10.5 Å². The van der Waals surface area contributed by atoms with Crippen molar-refractivity contribution in [2.45, 2.75) is 32.8 Å². The van der Waals surface area contributed by atoms with Gasteiger partial charge in [0, 0.05) is 31.9 Å². The minimum Gasteiger partial charge on any atom is -0.444 e. The fraction of sp³-hybridized carbons (Fsp3) is 0.500. The molecule has 0 radical (unpaired) electrons. The molecule has 1 fully saturated rings. The van der Waals surface area contributed by atoms with Crippen molar-refractivity contribution in [1.29, 1.82) is 0 Å². The third kappa shape index (κ3) is 6.10. The highest BCUT2D eigenvalue weighted by atomic mass is 16.6. The summed E-state index contributed by atoms with van der Waals surface area (Å²) in [6.45, 7) is 7.69. The summed E-state index contributed by atoms with van der Waals surface area (Å²) in [5, 5.41) is 2.66. The summed E-state index contributed by atoms with van der Waals surface area (Å²) < 4.78 is 5.19. The van der Waals surface area contributed by atoms with Crippen molar-refractivity contribution in [2.24, 2.45) is 0 Å². The number of hydrogen-bond acceptors (Lipinski definition) is 4. The van der Waals surface area contributed by atoms with E-state index < -0.39 is 11.7 Å². The molecule has 0 aromatic heterocycles. The van der Waals surface area contributed by atoms with Gasteiger partial charge in [0.2, 0.25) is 12.3 Å². The Labute approximate surface area is 147 Å². The van der Waals surface area contributed by atoms with Gasteiger partial charge < -0.3 is 14.5 Å². The quantitative estimate of drug-likeness (QED) is 0.844. The van der Waals surface area contributed by atoms with Gasteiger partial charge in [-0.25, -0.2) is 4.79 Å². The van der Waals surface area contributed by atoms with E-state index in [1.165, 1.54) is 0 Å². The molecule has 7 heteroatoms. The number of carbonyl (C=O) groups is 3. The summed E-state index contributed by atoms with van der Waals surface area (Å²) in [6, 6.07) is 7.12. The summed E-state index contributed by atoms with van der Waals surface area (Å²) >= 11 is 0. The third-order valence-corrected chi connectivity index (χ3v) is 3.77.